The van der Waals surface area contributed by atoms with Gasteiger partial charge in [0.05, 0.1) is 12.6 Å². The highest BCUT2D eigenvalue weighted by molar-refractivity contribution is 5.89. The van der Waals surface area contributed by atoms with Crippen molar-refractivity contribution < 1.29 is 19.1 Å². The van der Waals surface area contributed by atoms with Crippen LogP contribution in [0.2, 0.25) is 0 Å². The third-order valence-electron chi connectivity index (χ3n) is 3.64. The lowest BCUT2D eigenvalue weighted by Crippen LogP contribution is -2.30. The largest absolute Gasteiger partial charge is 0.493 e. The highest BCUT2D eigenvalue weighted by Crippen LogP contribution is 2.19. The van der Waals surface area contributed by atoms with Gasteiger partial charge in [-0.15, -0.1) is 0 Å². The maximum atomic E-state index is 11.9. The minimum Gasteiger partial charge on any atom is -0.493 e. The number of amides is 1. The Bertz CT molecular complexity index is 756. The molecule has 0 aromatic heterocycles. The lowest BCUT2D eigenvalue weighted by molar-refractivity contribution is -0.144. The molecule has 1 N–H and O–H groups in total. The van der Waals surface area contributed by atoms with E-state index in [1.54, 1.807) is 6.08 Å². The fourth-order valence-corrected chi connectivity index (χ4v) is 2.36. The zero-order chi connectivity index (χ0) is 18.8. The number of para-hydroxylation sites is 1. The summed E-state index contributed by atoms with van der Waals surface area (Å²) in [5.74, 6) is -0.245. The van der Waals surface area contributed by atoms with Crippen molar-refractivity contribution >= 4 is 18.0 Å². The summed E-state index contributed by atoms with van der Waals surface area (Å²) >= 11 is 0. The van der Waals surface area contributed by atoms with Crippen LogP contribution in [0.3, 0.4) is 0 Å². The number of ether oxygens (including phenoxy) is 2. The van der Waals surface area contributed by atoms with Crippen LogP contribution in [0.1, 0.15) is 31.0 Å². The van der Waals surface area contributed by atoms with E-state index in [-0.39, 0.29) is 18.6 Å². The Morgan fingerprint density at radius 2 is 1.77 bits per heavy atom. The molecule has 0 aliphatic rings. The average Bonchev–Trinajstić information content (AvgIpc) is 2.66. The summed E-state index contributed by atoms with van der Waals surface area (Å²) in [6, 6.07) is 16.8. The first kappa shape index (κ1) is 19.2. The number of hydrogen-bond donors (Lipinski definition) is 1. The molecule has 1 amide bonds. The van der Waals surface area contributed by atoms with E-state index in [2.05, 4.69) is 5.32 Å². The van der Waals surface area contributed by atoms with E-state index in [9.17, 15) is 9.59 Å². The standard InChI is InChI=1S/C21H23NO4/c1-3-25-19-12-8-7-11-18(19)13-14-21(24)26-15-20(23)22-16(2)17-9-5-4-6-10-17/h4-14,16H,3,15H2,1-2H3,(H,22,23)/b14-13+/t16-/m0/s1. The van der Waals surface area contributed by atoms with Crippen LogP contribution in [0.15, 0.2) is 60.7 Å². The van der Waals surface area contributed by atoms with E-state index < -0.39 is 5.97 Å². The highest BCUT2D eigenvalue weighted by atomic mass is 16.5. The molecule has 0 bridgehead atoms. The van der Waals surface area contributed by atoms with Crippen molar-refractivity contribution in [3.8, 4) is 5.75 Å². The number of carbonyl (C=O) groups is 2. The van der Waals surface area contributed by atoms with Gasteiger partial charge >= 0.3 is 5.97 Å². The van der Waals surface area contributed by atoms with Crippen LogP contribution in [0.4, 0.5) is 0 Å². The molecule has 1 atom stereocenters. The molecule has 0 spiro atoms. The van der Waals surface area contributed by atoms with Gasteiger partial charge in [-0.2, -0.15) is 0 Å². The molecule has 2 aromatic rings. The molecule has 5 nitrogen and oxygen atoms in total. The first-order chi connectivity index (χ1) is 12.6. The molecule has 26 heavy (non-hydrogen) atoms. The fourth-order valence-electron chi connectivity index (χ4n) is 2.36. The summed E-state index contributed by atoms with van der Waals surface area (Å²) in [4.78, 5) is 23.7. The van der Waals surface area contributed by atoms with Crippen LogP contribution in [0.5, 0.6) is 5.75 Å². The second-order valence-corrected chi connectivity index (χ2v) is 5.61. The topological polar surface area (TPSA) is 64.6 Å². The van der Waals surface area contributed by atoms with E-state index in [0.717, 1.165) is 11.1 Å². The molecule has 136 valence electrons. The molecule has 0 heterocycles. The smallest absolute Gasteiger partial charge is 0.331 e. The molecule has 5 heteroatoms. The third-order valence-corrected chi connectivity index (χ3v) is 3.64. The van der Waals surface area contributed by atoms with Crippen molar-refractivity contribution in [3.05, 3.63) is 71.8 Å². The molecule has 0 aliphatic heterocycles. The van der Waals surface area contributed by atoms with Gasteiger partial charge in [-0.05, 0) is 31.6 Å². The monoisotopic (exact) mass is 353 g/mol. The predicted octanol–water partition coefficient (Wildman–Crippen LogP) is 3.52. The van der Waals surface area contributed by atoms with E-state index in [4.69, 9.17) is 9.47 Å². The van der Waals surface area contributed by atoms with E-state index in [1.807, 2.05) is 68.4 Å². The third kappa shape index (κ3) is 6.09. The van der Waals surface area contributed by atoms with Crippen molar-refractivity contribution in [2.45, 2.75) is 19.9 Å². The first-order valence-electron chi connectivity index (χ1n) is 8.51. The van der Waals surface area contributed by atoms with Crippen molar-refractivity contribution in [2.75, 3.05) is 13.2 Å². The minimum absolute atomic E-state index is 0.156. The zero-order valence-electron chi connectivity index (χ0n) is 15.0. The van der Waals surface area contributed by atoms with Crippen molar-refractivity contribution in [1.82, 2.24) is 5.32 Å². The van der Waals surface area contributed by atoms with Gasteiger partial charge in [0.15, 0.2) is 6.61 Å². The van der Waals surface area contributed by atoms with Crippen LogP contribution >= 0.6 is 0 Å². The molecule has 2 rings (SSSR count). The highest BCUT2D eigenvalue weighted by Gasteiger charge is 2.10. The molecule has 0 saturated heterocycles. The van der Waals surface area contributed by atoms with Crippen molar-refractivity contribution in [1.29, 1.82) is 0 Å². The van der Waals surface area contributed by atoms with Gasteiger partial charge in [-0.3, -0.25) is 4.79 Å². The molecular formula is C21H23NO4. The lowest BCUT2D eigenvalue weighted by atomic mass is 10.1. The Labute approximate surface area is 153 Å². The van der Waals surface area contributed by atoms with Crippen LogP contribution in [-0.4, -0.2) is 25.1 Å². The number of hydrogen-bond acceptors (Lipinski definition) is 4. The SMILES string of the molecule is CCOc1ccccc1/C=C/C(=O)OCC(=O)N[C@@H](C)c1ccccc1. The minimum atomic E-state index is -0.584. The average molecular weight is 353 g/mol. The Kier molecular flexibility index (Phi) is 7.43. The van der Waals surface area contributed by atoms with Gasteiger partial charge in [0.25, 0.3) is 5.91 Å². The molecule has 0 saturated carbocycles. The van der Waals surface area contributed by atoms with E-state index in [1.165, 1.54) is 6.08 Å². The molecule has 0 unspecified atom stereocenters. The molecule has 2 aromatic carbocycles. The maximum absolute atomic E-state index is 11.9. The molecular weight excluding hydrogens is 330 g/mol. The van der Waals surface area contributed by atoms with Crippen molar-refractivity contribution in [3.63, 3.8) is 0 Å². The van der Waals surface area contributed by atoms with Crippen LogP contribution in [0, 0.1) is 0 Å². The molecule has 0 fully saturated rings. The van der Waals surface area contributed by atoms with Crippen LogP contribution in [0.25, 0.3) is 6.08 Å². The number of carbonyl (C=O) groups excluding carboxylic acids is 2. The maximum Gasteiger partial charge on any atom is 0.331 e. The van der Waals surface area contributed by atoms with Crippen LogP contribution in [-0.2, 0) is 14.3 Å². The Balaban J connectivity index is 1.82. The Morgan fingerprint density at radius 1 is 1.08 bits per heavy atom. The van der Waals surface area contributed by atoms with E-state index >= 15 is 0 Å². The number of nitrogens with one attached hydrogen (secondary N) is 1. The first-order valence-corrected chi connectivity index (χ1v) is 8.51. The zero-order valence-corrected chi connectivity index (χ0v) is 15.0. The predicted molar refractivity (Wildman–Crippen MR) is 101 cm³/mol. The van der Waals surface area contributed by atoms with Gasteiger partial charge in [0, 0.05) is 11.6 Å². The number of rotatable bonds is 8. The summed E-state index contributed by atoms with van der Waals surface area (Å²) in [7, 11) is 0. The van der Waals surface area contributed by atoms with Gasteiger partial charge in [0.1, 0.15) is 5.75 Å². The van der Waals surface area contributed by atoms with Gasteiger partial charge in [-0.1, -0.05) is 48.5 Å². The van der Waals surface area contributed by atoms with Gasteiger partial charge in [-0.25, -0.2) is 4.79 Å². The van der Waals surface area contributed by atoms with Gasteiger partial charge in [0.2, 0.25) is 0 Å². The normalized spacial score (nSPS) is 11.8. The Hall–Kier alpha value is -3.08. The van der Waals surface area contributed by atoms with Gasteiger partial charge < -0.3 is 14.8 Å². The molecule has 0 aliphatic carbocycles. The second kappa shape index (κ2) is 10.0. The number of benzene rings is 2. The summed E-state index contributed by atoms with van der Waals surface area (Å²) in [5.41, 5.74) is 1.76. The van der Waals surface area contributed by atoms with Crippen molar-refractivity contribution in [2.24, 2.45) is 0 Å². The van der Waals surface area contributed by atoms with Crippen LogP contribution < -0.4 is 10.1 Å². The summed E-state index contributed by atoms with van der Waals surface area (Å²) in [5, 5.41) is 2.79. The fraction of sp³-hybridized carbons (Fsp3) is 0.238. The number of esters is 1. The Morgan fingerprint density at radius 3 is 2.50 bits per heavy atom. The molecule has 0 radical (unpaired) electrons. The summed E-state index contributed by atoms with van der Waals surface area (Å²) in [6.45, 7) is 3.98. The lowest BCUT2D eigenvalue weighted by Gasteiger charge is -2.14. The quantitative estimate of drug-likeness (QED) is 0.582. The summed E-state index contributed by atoms with van der Waals surface area (Å²) in [6.07, 6.45) is 2.89. The summed E-state index contributed by atoms with van der Waals surface area (Å²) < 4.78 is 10.5. The van der Waals surface area contributed by atoms with E-state index in [0.29, 0.717) is 12.4 Å². The second-order valence-electron chi connectivity index (χ2n) is 5.61.